The van der Waals surface area contributed by atoms with Crippen LogP contribution in [0, 0.1) is 0 Å². The summed E-state index contributed by atoms with van der Waals surface area (Å²) < 4.78 is 5.22. The standard InChI is InChI=1S/C16H13.C5H5.C2H6.CH3.2ClH.H3Si.Zr/c1-12-10-14-8-5-9-15(16(14)11-12)13-6-3-2-4-7-13;1-2-4-5-3-1;1-2;;;;;/h2-11H,1H3;1-3H,4H2;1-2H3;1H3;2*1H;1H3;. The van der Waals surface area contributed by atoms with Gasteiger partial charge in [-0.2, -0.15) is 0 Å². The molecule has 2 aliphatic rings. The second-order valence-corrected chi connectivity index (χ2v) is 31.3. The van der Waals surface area contributed by atoms with Crippen LogP contribution in [0.15, 0.2) is 75.6 Å². The zero-order valence-corrected chi connectivity index (χ0v) is 23.6. The molecule has 0 bridgehead atoms. The summed E-state index contributed by atoms with van der Waals surface area (Å²) in [4.78, 5) is 0. The second-order valence-electron chi connectivity index (χ2n) is 7.54. The SMILES string of the molecule is CC.CC1=Cc2c(-c3ccccc3)cccc2[CH]1[Zr]([CH3])([SiH3])[C]1=CC=CC1.Cl.Cl. The molecule has 0 amide bonds. The van der Waals surface area contributed by atoms with Crippen molar-refractivity contribution in [2.75, 3.05) is 0 Å². The summed E-state index contributed by atoms with van der Waals surface area (Å²) in [5, 5.41) is 0. The summed E-state index contributed by atoms with van der Waals surface area (Å²) in [7, 11) is 1.37. The van der Waals surface area contributed by atoms with E-state index >= 15 is 0 Å². The Morgan fingerprint density at radius 3 is 2.25 bits per heavy atom. The summed E-state index contributed by atoms with van der Waals surface area (Å²) in [6, 6.07) is 17.8. The van der Waals surface area contributed by atoms with Crippen LogP contribution in [0.5, 0.6) is 0 Å². The van der Waals surface area contributed by atoms with Crippen molar-refractivity contribution in [1.82, 2.24) is 0 Å². The molecule has 2 aromatic rings. The normalized spacial score (nSPS) is 18.5. The maximum Gasteiger partial charge on any atom is -0.147 e. The Hall–Kier alpha value is -0.660. The number of hydrogen-bond acceptors (Lipinski definition) is 0. The molecule has 4 heteroatoms. The van der Waals surface area contributed by atoms with Crippen LogP contribution >= 0.6 is 24.8 Å². The zero-order chi connectivity index (χ0) is 18.7. The molecule has 2 aromatic carbocycles. The molecule has 0 N–H and O–H groups in total. The Labute approximate surface area is 189 Å². The molecule has 0 spiro atoms. The Kier molecular flexibility index (Phi) is 9.90. The Morgan fingerprint density at radius 1 is 0.964 bits per heavy atom. The quantitative estimate of drug-likeness (QED) is 0.390. The predicted molar refractivity (Wildman–Crippen MR) is 132 cm³/mol. The Morgan fingerprint density at radius 2 is 1.64 bits per heavy atom. The van der Waals surface area contributed by atoms with Crippen LogP contribution in [0.3, 0.4) is 0 Å². The number of benzene rings is 2. The van der Waals surface area contributed by atoms with Gasteiger partial charge in [-0.05, 0) is 0 Å². The van der Waals surface area contributed by atoms with E-state index < -0.39 is 19.4 Å². The first-order valence-corrected chi connectivity index (χ1v) is 23.3. The van der Waals surface area contributed by atoms with Gasteiger partial charge < -0.3 is 0 Å². The summed E-state index contributed by atoms with van der Waals surface area (Å²) in [6.07, 6.45) is 10.8. The van der Waals surface area contributed by atoms with Crippen molar-refractivity contribution >= 4 is 38.3 Å². The molecule has 0 saturated carbocycles. The number of allylic oxidation sites excluding steroid dienone is 5. The van der Waals surface area contributed by atoms with Crippen LogP contribution in [-0.4, -0.2) is 7.37 Å². The predicted octanol–water partition coefficient (Wildman–Crippen LogP) is 7.01. The molecular weight excluding hydrogens is 478 g/mol. The third kappa shape index (κ3) is 4.73. The fraction of sp³-hybridized carbons (Fsp3) is 0.250. The molecule has 2 unspecified atom stereocenters. The number of rotatable bonds is 3. The van der Waals surface area contributed by atoms with Gasteiger partial charge in [0, 0.05) is 0 Å². The monoisotopic (exact) mass is 508 g/mol. The largest absolute Gasteiger partial charge is 0.147 e. The maximum absolute atomic E-state index is 2.67. The number of halogens is 2. The summed E-state index contributed by atoms with van der Waals surface area (Å²) >= 11 is -2.27. The zero-order valence-electron chi connectivity index (χ0n) is 17.5. The molecule has 0 aliphatic heterocycles. The Balaban J connectivity index is 0.000000950. The fourth-order valence-corrected chi connectivity index (χ4v) is 20.5. The van der Waals surface area contributed by atoms with Crippen LogP contribution < -0.4 is 0 Å². The van der Waals surface area contributed by atoms with Gasteiger partial charge in [0.1, 0.15) is 0 Å². The van der Waals surface area contributed by atoms with Crippen LogP contribution in [0.25, 0.3) is 17.2 Å². The van der Waals surface area contributed by atoms with Crippen LogP contribution in [0.2, 0.25) is 4.63 Å². The van der Waals surface area contributed by atoms with Crippen LogP contribution in [0.1, 0.15) is 41.9 Å². The van der Waals surface area contributed by atoms with E-state index in [0.717, 1.165) is 3.63 Å². The summed E-state index contributed by atoms with van der Waals surface area (Å²) in [5.74, 6) is 0. The van der Waals surface area contributed by atoms with Crippen molar-refractivity contribution in [2.45, 2.75) is 35.4 Å². The smallest absolute Gasteiger partial charge is 0.147 e. The molecular formula is C24H32Cl2SiZr. The van der Waals surface area contributed by atoms with Crippen molar-refractivity contribution in [3.8, 4) is 11.1 Å². The van der Waals surface area contributed by atoms with Gasteiger partial charge in [-0.25, -0.2) is 0 Å². The van der Waals surface area contributed by atoms with Crippen molar-refractivity contribution in [2.24, 2.45) is 0 Å². The van der Waals surface area contributed by atoms with Gasteiger partial charge >= 0.3 is 152 Å². The second kappa shape index (κ2) is 10.9. The third-order valence-corrected chi connectivity index (χ3v) is 23.3. The molecule has 0 aromatic heterocycles. The van der Waals surface area contributed by atoms with Gasteiger partial charge in [-0.1, -0.05) is 13.8 Å². The first-order valence-electron chi connectivity index (χ1n) is 9.82. The average molecular weight is 511 g/mol. The van der Waals surface area contributed by atoms with Crippen LogP contribution in [0.4, 0.5) is 0 Å². The van der Waals surface area contributed by atoms with Crippen molar-refractivity contribution in [3.05, 3.63) is 86.7 Å². The number of fused-ring (bicyclic) bond motifs is 1. The molecule has 0 saturated heterocycles. The molecule has 0 nitrogen and oxygen atoms in total. The topological polar surface area (TPSA) is 0 Å². The van der Waals surface area contributed by atoms with Gasteiger partial charge in [0.15, 0.2) is 0 Å². The first kappa shape index (κ1) is 25.4. The first-order chi connectivity index (χ1) is 12.6. The van der Waals surface area contributed by atoms with Gasteiger partial charge in [0.2, 0.25) is 0 Å². The van der Waals surface area contributed by atoms with Gasteiger partial charge in [-0.15, -0.1) is 24.8 Å². The van der Waals surface area contributed by atoms with E-state index in [9.17, 15) is 0 Å². The molecule has 0 fully saturated rings. The molecule has 0 heterocycles. The van der Waals surface area contributed by atoms with E-state index in [-0.39, 0.29) is 24.8 Å². The minimum atomic E-state index is -2.27. The molecule has 4 rings (SSSR count). The molecule has 0 radical (unpaired) electrons. The van der Waals surface area contributed by atoms with Crippen molar-refractivity contribution in [3.63, 3.8) is 0 Å². The van der Waals surface area contributed by atoms with E-state index in [2.05, 4.69) is 84.4 Å². The summed E-state index contributed by atoms with van der Waals surface area (Å²) in [6.45, 7) is 6.37. The van der Waals surface area contributed by atoms with E-state index in [4.69, 9.17) is 0 Å². The molecule has 28 heavy (non-hydrogen) atoms. The minimum Gasteiger partial charge on any atom is -0.147 e. The van der Waals surface area contributed by atoms with E-state index in [1.165, 1.54) is 30.5 Å². The van der Waals surface area contributed by atoms with Gasteiger partial charge in [0.25, 0.3) is 0 Å². The molecule has 2 atom stereocenters. The third-order valence-electron chi connectivity index (χ3n) is 5.68. The van der Waals surface area contributed by atoms with Crippen molar-refractivity contribution in [1.29, 1.82) is 0 Å². The maximum atomic E-state index is 2.67. The van der Waals surface area contributed by atoms with E-state index in [1.54, 1.807) is 11.1 Å². The average Bonchev–Trinajstić information content (AvgIpc) is 3.31. The van der Waals surface area contributed by atoms with Gasteiger partial charge in [-0.3, -0.25) is 0 Å². The Bertz CT molecular complexity index is 883. The fourth-order valence-electron chi connectivity index (χ4n) is 4.49. The van der Waals surface area contributed by atoms with E-state index in [1.807, 2.05) is 17.1 Å². The minimum absolute atomic E-state index is 0. The van der Waals surface area contributed by atoms with Crippen molar-refractivity contribution < 1.29 is 19.4 Å². The molecule has 2 aliphatic carbocycles. The summed E-state index contributed by atoms with van der Waals surface area (Å²) in [5.41, 5.74) is 7.43. The number of hydrogen-bond donors (Lipinski definition) is 0. The van der Waals surface area contributed by atoms with Gasteiger partial charge in [0.05, 0.1) is 0 Å². The van der Waals surface area contributed by atoms with E-state index in [0.29, 0.717) is 0 Å². The van der Waals surface area contributed by atoms with Crippen LogP contribution in [-0.2, 0) is 19.4 Å². The molecule has 150 valence electrons.